The molecule has 18 heavy (non-hydrogen) atoms. The smallest absolute Gasteiger partial charge is 0.338 e. The van der Waals surface area contributed by atoms with E-state index in [9.17, 15) is 9.18 Å². The number of hydrogen-bond acceptors (Lipinski definition) is 4. The summed E-state index contributed by atoms with van der Waals surface area (Å²) in [4.78, 5) is 11.7. The van der Waals surface area contributed by atoms with Crippen LogP contribution in [0.4, 0.5) is 10.1 Å². The molecule has 1 heterocycles. The Balaban J connectivity index is 1.91. The first-order valence-corrected chi connectivity index (χ1v) is 5.93. The number of nitrogen functional groups attached to an aromatic ring is 1. The van der Waals surface area contributed by atoms with Crippen LogP contribution in [0.1, 0.15) is 30.1 Å². The zero-order valence-electron chi connectivity index (χ0n) is 10.2. The third kappa shape index (κ3) is 3.20. The Bertz CT molecular complexity index is 430. The van der Waals surface area contributed by atoms with E-state index in [2.05, 4.69) is 0 Å². The molecule has 0 aliphatic carbocycles. The molecule has 1 aromatic rings. The van der Waals surface area contributed by atoms with Crippen molar-refractivity contribution in [3.05, 3.63) is 29.6 Å². The average Bonchev–Trinajstić information content (AvgIpc) is 2.70. The second-order valence-electron chi connectivity index (χ2n) is 4.52. The van der Waals surface area contributed by atoms with Crippen molar-refractivity contribution in [3.63, 3.8) is 0 Å². The van der Waals surface area contributed by atoms with Crippen molar-refractivity contribution in [2.75, 3.05) is 12.3 Å². The molecule has 98 valence electrons. The number of carbonyl (C=O) groups is 1. The highest BCUT2D eigenvalue weighted by Gasteiger charge is 2.23. The van der Waals surface area contributed by atoms with Gasteiger partial charge in [0.25, 0.3) is 0 Å². The van der Waals surface area contributed by atoms with Gasteiger partial charge in [-0.2, -0.15) is 0 Å². The molecule has 0 saturated carbocycles. The highest BCUT2D eigenvalue weighted by molar-refractivity contribution is 5.90. The Morgan fingerprint density at radius 2 is 2.28 bits per heavy atom. The zero-order valence-corrected chi connectivity index (χ0v) is 10.2. The summed E-state index contributed by atoms with van der Waals surface area (Å²) in [6.45, 7) is 2.18. The van der Waals surface area contributed by atoms with Crippen LogP contribution in [-0.4, -0.2) is 24.8 Å². The number of nitrogens with two attached hydrogens (primary N) is 1. The maximum Gasteiger partial charge on any atom is 0.338 e. The summed E-state index contributed by atoms with van der Waals surface area (Å²) in [7, 11) is 0. The summed E-state index contributed by atoms with van der Waals surface area (Å²) in [5.41, 5.74) is 5.79. The molecule has 1 saturated heterocycles. The summed E-state index contributed by atoms with van der Waals surface area (Å²) >= 11 is 0. The average molecular weight is 253 g/mol. The van der Waals surface area contributed by atoms with Gasteiger partial charge in [-0.25, -0.2) is 9.18 Å². The van der Waals surface area contributed by atoms with E-state index in [4.69, 9.17) is 15.2 Å². The maximum absolute atomic E-state index is 13.1. The largest absolute Gasteiger partial charge is 0.459 e. The third-order valence-electron chi connectivity index (χ3n) is 2.88. The van der Waals surface area contributed by atoms with Crippen molar-refractivity contribution in [2.45, 2.75) is 32.0 Å². The van der Waals surface area contributed by atoms with Crippen LogP contribution < -0.4 is 5.73 Å². The van der Waals surface area contributed by atoms with Crippen LogP contribution >= 0.6 is 0 Å². The van der Waals surface area contributed by atoms with Gasteiger partial charge in [-0.3, -0.25) is 0 Å². The fraction of sp³-hybridized carbons (Fsp3) is 0.462. The molecular formula is C13H16FNO3. The molecular weight excluding hydrogens is 237 g/mol. The lowest BCUT2D eigenvalue weighted by Crippen LogP contribution is -2.19. The number of halogens is 1. The molecule has 0 aromatic heterocycles. The molecule has 1 aliphatic heterocycles. The van der Waals surface area contributed by atoms with Gasteiger partial charge < -0.3 is 15.2 Å². The number of carbonyl (C=O) groups excluding carboxylic acids is 1. The first-order chi connectivity index (χ1) is 8.54. The van der Waals surface area contributed by atoms with Crippen molar-refractivity contribution in [1.29, 1.82) is 0 Å². The fourth-order valence-electron chi connectivity index (χ4n) is 1.99. The Morgan fingerprint density at radius 1 is 1.50 bits per heavy atom. The van der Waals surface area contributed by atoms with E-state index >= 15 is 0 Å². The van der Waals surface area contributed by atoms with Crippen molar-refractivity contribution in [2.24, 2.45) is 0 Å². The standard InChI is InChI=1S/C13H16FNO3/c1-8-2-3-12(18-8)7-17-13(16)9-4-10(14)6-11(15)5-9/h4-6,8,12H,2-3,7,15H2,1H3. The predicted molar refractivity (Wildman–Crippen MR) is 64.7 cm³/mol. The first-order valence-electron chi connectivity index (χ1n) is 5.93. The Morgan fingerprint density at radius 3 is 2.89 bits per heavy atom. The van der Waals surface area contributed by atoms with Crippen LogP contribution in [0.25, 0.3) is 0 Å². The lowest BCUT2D eigenvalue weighted by Gasteiger charge is -2.11. The summed E-state index contributed by atoms with van der Waals surface area (Å²) in [5.74, 6) is -1.13. The van der Waals surface area contributed by atoms with E-state index in [1.165, 1.54) is 6.07 Å². The Labute approximate surface area is 105 Å². The van der Waals surface area contributed by atoms with Crippen molar-refractivity contribution in [3.8, 4) is 0 Å². The number of esters is 1. The normalized spacial score (nSPS) is 23.0. The Kier molecular flexibility index (Phi) is 3.81. The van der Waals surface area contributed by atoms with Crippen molar-refractivity contribution < 1.29 is 18.7 Å². The number of benzene rings is 1. The van der Waals surface area contributed by atoms with Crippen LogP contribution in [-0.2, 0) is 9.47 Å². The first kappa shape index (κ1) is 12.8. The molecule has 0 spiro atoms. The van der Waals surface area contributed by atoms with Gasteiger partial charge >= 0.3 is 5.97 Å². The molecule has 1 fully saturated rings. The van der Waals surface area contributed by atoms with E-state index < -0.39 is 11.8 Å². The summed E-state index contributed by atoms with van der Waals surface area (Å²) in [6, 6.07) is 3.65. The second-order valence-corrected chi connectivity index (χ2v) is 4.52. The van der Waals surface area contributed by atoms with E-state index in [-0.39, 0.29) is 30.1 Å². The molecule has 2 rings (SSSR count). The summed E-state index contributed by atoms with van der Waals surface area (Å²) < 4.78 is 23.7. The molecule has 0 radical (unpaired) electrons. The van der Waals surface area contributed by atoms with Gasteiger partial charge in [0.2, 0.25) is 0 Å². The van der Waals surface area contributed by atoms with Gasteiger partial charge in [0.05, 0.1) is 17.8 Å². The maximum atomic E-state index is 13.1. The summed E-state index contributed by atoms with van der Waals surface area (Å²) in [5, 5.41) is 0. The molecule has 0 bridgehead atoms. The quantitative estimate of drug-likeness (QED) is 0.662. The van der Waals surface area contributed by atoms with Crippen molar-refractivity contribution >= 4 is 11.7 Å². The number of hydrogen-bond donors (Lipinski definition) is 1. The van der Waals surface area contributed by atoms with E-state index in [1.54, 1.807) is 0 Å². The highest BCUT2D eigenvalue weighted by atomic mass is 19.1. The Hall–Kier alpha value is -1.62. The number of rotatable bonds is 3. The van der Waals surface area contributed by atoms with Gasteiger partial charge in [-0.15, -0.1) is 0 Å². The van der Waals surface area contributed by atoms with Gasteiger partial charge in [0.1, 0.15) is 12.4 Å². The lowest BCUT2D eigenvalue weighted by atomic mass is 10.2. The number of anilines is 1. The lowest BCUT2D eigenvalue weighted by molar-refractivity contribution is -0.00267. The molecule has 2 atom stereocenters. The van der Waals surface area contributed by atoms with Gasteiger partial charge in [0, 0.05) is 5.69 Å². The van der Waals surface area contributed by atoms with Gasteiger partial charge in [0.15, 0.2) is 0 Å². The molecule has 1 aliphatic rings. The van der Waals surface area contributed by atoms with Crippen LogP contribution in [0.15, 0.2) is 18.2 Å². The fourth-order valence-corrected chi connectivity index (χ4v) is 1.99. The van der Waals surface area contributed by atoms with E-state index in [0.29, 0.717) is 0 Å². The van der Waals surface area contributed by atoms with Crippen LogP contribution in [0, 0.1) is 5.82 Å². The predicted octanol–water partition coefficient (Wildman–Crippen LogP) is 2.13. The van der Waals surface area contributed by atoms with Crippen molar-refractivity contribution in [1.82, 2.24) is 0 Å². The molecule has 5 heteroatoms. The van der Waals surface area contributed by atoms with Crippen LogP contribution in [0.5, 0.6) is 0 Å². The molecule has 2 unspecified atom stereocenters. The minimum Gasteiger partial charge on any atom is -0.459 e. The van der Waals surface area contributed by atoms with Gasteiger partial charge in [-0.05, 0) is 38.0 Å². The topological polar surface area (TPSA) is 61.5 Å². The highest BCUT2D eigenvalue weighted by Crippen LogP contribution is 2.20. The SMILES string of the molecule is CC1CCC(COC(=O)c2cc(N)cc(F)c2)O1. The van der Waals surface area contributed by atoms with E-state index in [0.717, 1.165) is 25.0 Å². The van der Waals surface area contributed by atoms with Crippen LogP contribution in [0.2, 0.25) is 0 Å². The molecule has 2 N–H and O–H groups in total. The second kappa shape index (κ2) is 5.35. The molecule has 0 amide bonds. The minimum atomic E-state index is -0.579. The molecule has 4 nitrogen and oxygen atoms in total. The van der Waals surface area contributed by atoms with Crippen LogP contribution in [0.3, 0.4) is 0 Å². The number of ether oxygens (including phenoxy) is 2. The van der Waals surface area contributed by atoms with Gasteiger partial charge in [-0.1, -0.05) is 0 Å². The third-order valence-corrected chi connectivity index (χ3v) is 2.88. The molecule has 1 aromatic carbocycles. The monoisotopic (exact) mass is 253 g/mol. The zero-order chi connectivity index (χ0) is 13.1. The van der Waals surface area contributed by atoms with E-state index in [1.807, 2.05) is 6.92 Å². The summed E-state index contributed by atoms with van der Waals surface area (Å²) in [6.07, 6.45) is 1.99. The minimum absolute atomic E-state index is 0.0603.